The second-order valence-electron chi connectivity index (χ2n) is 14.7. The van der Waals surface area contributed by atoms with Gasteiger partial charge in [0.1, 0.15) is 0 Å². The number of benzene rings is 2. The molecule has 264 valence electrons. The minimum Gasteiger partial charge on any atom is -0.436 e. The average molecular weight is 692 g/mol. The molecule has 11 nitrogen and oxygen atoms in total. The Labute approximate surface area is 294 Å². The van der Waals surface area contributed by atoms with Crippen LogP contribution in [0.15, 0.2) is 36.4 Å². The van der Waals surface area contributed by atoms with E-state index in [4.69, 9.17) is 22.1 Å². The summed E-state index contributed by atoms with van der Waals surface area (Å²) in [7, 11) is 2.27. The zero-order chi connectivity index (χ0) is 34.2. The number of piperazine rings is 1. The zero-order valence-electron chi connectivity index (χ0n) is 28.8. The van der Waals surface area contributed by atoms with Crippen LogP contribution in [0.5, 0.6) is 0 Å². The highest BCUT2D eigenvalue weighted by atomic mass is 35.5. The van der Waals surface area contributed by atoms with Gasteiger partial charge in [0, 0.05) is 82.1 Å². The minimum atomic E-state index is -0.982. The topological polar surface area (TPSA) is 115 Å². The molecule has 4 saturated heterocycles. The number of carbonyl (C=O) groups is 3. The number of urea groups is 1. The van der Waals surface area contributed by atoms with Gasteiger partial charge in [-0.05, 0) is 87.7 Å². The van der Waals surface area contributed by atoms with E-state index < -0.39 is 12.2 Å². The average Bonchev–Trinajstić information content (AvgIpc) is 3.25. The summed E-state index contributed by atoms with van der Waals surface area (Å²) in [6.45, 7) is 6.30. The first kappa shape index (κ1) is 33.9. The molecular formula is C37H50ClN7O4. The number of piperidine rings is 2. The number of amides is 4. The highest BCUT2D eigenvalue weighted by Crippen LogP contribution is 2.36. The lowest BCUT2D eigenvalue weighted by Crippen LogP contribution is -2.57. The number of nitrogens with two attached hydrogens (primary N) is 1. The van der Waals surface area contributed by atoms with Crippen LogP contribution in [0.4, 0.5) is 21.0 Å². The summed E-state index contributed by atoms with van der Waals surface area (Å²) in [5.74, 6) is -0.169. The van der Waals surface area contributed by atoms with Gasteiger partial charge in [0.15, 0.2) is 6.10 Å². The standard InChI is InChI=1S/C37H50ClN7O4/c1-24-19-25(20-31(38)34(24)39)21-33(35(46)43-17-15-42(16-18-43)30-22-28-7-8-29(23-30)41(28)2)49-37(48)44-12-10-27(11-13-44)45-14-9-26-5-3-4-6-32(26)40-36(45)47/h3-6,19-20,27-30,33H,7-18,21-23,39H2,1-2H3,(H,40,47)/t28?,29?,30?,33-/m1/s1. The van der Waals surface area contributed by atoms with Gasteiger partial charge in [0.2, 0.25) is 0 Å². The van der Waals surface area contributed by atoms with Crippen LogP contribution in [-0.2, 0) is 22.4 Å². The summed E-state index contributed by atoms with van der Waals surface area (Å²) >= 11 is 6.43. The number of likely N-dealkylation sites (tertiary alicyclic amines) is 1. The van der Waals surface area contributed by atoms with Crippen LogP contribution in [-0.4, -0.2) is 126 Å². The molecule has 4 amide bonds. The number of carbonyl (C=O) groups excluding carboxylic acids is 3. The van der Waals surface area contributed by atoms with Gasteiger partial charge in [0.05, 0.1) is 10.7 Å². The minimum absolute atomic E-state index is 0.0201. The van der Waals surface area contributed by atoms with E-state index in [1.54, 1.807) is 11.0 Å². The van der Waals surface area contributed by atoms with E-state index in [0.717, 1.165) is 41.9 Å². The molecule has 2 aromatic rings. The van der Waals surface area contributed by atoms with Crippen LogP contribution in [0.3, 0.4) is 0 Å². The Morgan fingerprint density at radius 2 is 1.61 bits per heavy atom. The van der Waals surface area contributed by atoms with Crippen molar-refractivity contribution < 1.29 is 19.1 Å². The summed E-state index contributed by atoms with van der Waals surface area (Å²) in [6.07, 6.45) is 5.78. The molecule has 3 N–H and O–H groups in total. The number of nitrogens with zero attached hydrogens (tertiary/aromatic N) is 5. The van der Waals surface area contributed by atoms with Gasteiger partial charge >= 0.3 is 12.1 Å². The van der Waals surface area contributed by atoms with E-state index in [9.17, 15) is 14.4 Å². The molecule has 12 heteroatoms. The summed E-state index contributed by atoms with van der Waals surface area (Å²) in [5.41, 5.74) is 10.2. The molecule has 2 bridgehead atoms. The van der Waals surface area contributed by atoms with Crippen LogP contribution in [0.1, 0.15) is 55.2 Å². The molecule has 0 spiro atoms. The lowest BCUT2D eigenvalue weighted by atomic mass is 9.96. The van der Waals surface area contributed by atoms with Crippen molar-refractivity contribution in [2.75, 3.05) is 63.9 Å². The lowest BCUT2D eigenvalue weighted by molar-refractivity contribution is -0.143. The number of halogens is 1. The lowest BCUT2D eigenvalue weighted by Gasteiger charge is -2.45. The Morgan fingerprint density at radius 3 is 2.31 bits per heavy atom. The van der Waals surface area contributed by atoms with Crippen LogP contribution in [0, 0.1) is 6.92 Å². The van der Waals surface area contributed by atoms with Crippen molar-refractivity contribution >= 4 is 41.0 Å². The molecule has 5 aliphatic heterocycles. The molecule has 5 aliphatic rings. The van der Waals surface area contributed by atoms with E-state index >= 15 is 0 Å². The van der Waals surface area contributed by atoms with Crippen molar-refractivity contribution in [3.8, 4) is 0 Å². The first-order chi connectivity index (χ1) is 23.6. The van der Waals surface area contributed by atoms with Gasteiger partial charge in [-0.3, -0.25) is 9.69 Å². The van der Waals surface area contributed by atoms with E-state index in [2.05, 4.69) is 22.2 Å². The maximum Gasteiger partial charge on any atom is 0.410 e. The fourth-order valence-electron chi connectivity index (χ4n) is 8.82. The smallest absolute Gasteiger partial charge is 0.410 e. The molecule has 0 aliphatic carbocycles. The molecule has 0 saturated carbocycles. The van der Waals surface area contributed by atoms with Gasteiger partial charge in [-0.25, -0.2) is 9.59 Å². The van der Waals surface area contributed by atoms with Gasteiger partial charge < -0.3 is 35.4 Å². The summed E-state index contributed by atoms with van der Waals surface area (Å²) in [6, 6.07) is 13.4. The van der Waals surface area contributed by atoms with Crippen molar-refractivity contribution in [1.82, 2.24) is 24.5 Å². The monoisotopic (exact) mass is 691 g/mol. The van der Waals surface area contributed by atoms with Crippen molar-refractivity contribution in [2.45, 2.75) is 88.6 Å². The first-order valence-corrected chi connectivity index (χ1v) is 18.4. The number of hydrogen-bond donors (Lipinski definition) is 2. The van der Waals surface area contributed by atoms with Gasteiger partial charge in [-0.15, -0.1) is 0 Å². The largest absolute Gasteiger partial charge is 0.436 e. The number of aryl methyl sites for hydroxylation is 1. The van der Waals surface area contributed by atoms with Crippen LogP contribution >= 0.6 is 11.6 Å². The van der Waals surface area contributed by atoms with E-state index in [0.29, 0.717) is 74.4 Å². The predicted octanol–water partition coefficient (Wildman–Crippen LogP) is 4.60. The third-order valence-corrected chi connectivity index (χ3v) is 12.2. The predicted molar refractivity (Wildman–Crippen MR) is 191 cm³/mol. The van der Waals surface area contributed by atoms with Gasteiger partial charge in [-0.2, -0.15) is 0 Å². The maximum absolute atomic E-state index is 14.1. The molecule has 2 aromatic carbocycles. The molecule has 0 aromatic heterocycles. The molecule has 49 heavy (non-hydrogen) atoms. The van der Waals surface area contributed by atoms with Gasteiger partial charge in [-0.1, -0.05) is 35.9 Å². The SMILES string of the molecule is Cc1cc(C[C@@H](OC(=O)N2CCC(N3CCc4ccccc4NC3=O)CC2)C(=O)N2CCN(C3CC4CCC(C3)N4C)CC2)cc(Cl)c1N. The van der Waals surface area contributed by atoms with E-state index in [1.165, 1.54) is 25.7 Å². The number of hydrogen-bond acceptors (Lipinski definition) is 7. The molecule has 7 rings (SSSR count). The highest BCUT2D eigenvalue weighted by molar-refractivity contribution is 6.33. The molecule has 2 unspecified atom stereocenters. The Balaban J connectivity index is 0.981. The number of para-hydroxylation sites is 1. The van der Waals surface area contributed by atoms with Crippen molar-refractivity contribution in [3.63, 3.8) is 0 Å². The Morgan fingerprint density at radius 1 is 0.918 bits per heavy atom. The molecular weight excluding hydrogens is 642 g/mol. The Bertz CT molecular complexity index is 1520. The van der Waals surface area contributed by atoms with E-state index in [1.807, 2.05) is 47.1 Å². The Kier molecular flexibility index (Phi) is 9.95. The Hall–Kier alpha value is -3.54. The van der Waals surface area contributed by atoms with E-state index in [-0.39, 0.29) is 24.4 Å². The van der Waals surface area contributed by atoms with Crippen LogP contribution in [0.2, 0.25) is 5.02 Å². The number of anilines is 2. The van der Waals surface area contributed by atoms with Crippen molar-refractivity contribution in [2.24, 2.45) is 0 Å². The van der Waals surface area contributed by atoms with Gasteiger partial charge in [0.25, 0.3) is 5.91 Å². The molecule has 4 fully saturated rings. The normalized spacial score (nSPS) is 25.8. The van der Waals surface area contributed by atoms with Crippen LogP contribution < -0.4 is 11.1 Å². The number of rotatable bonds is 6. The number of nitrogen functional groups attached to an aromatic ring is 1. The maximum atomic E-state index is 14.1. The summed E-state index contributed by atoms with van der Waals surface area (Å²) in [5, 5.41) is 3.48. The summed E-state index contributed by atoms with van der Waals surface area (Å²) < 4.78 is 6.08. The quantitative estimate of drug-likeness (QED) is 0.426. The third kappa shape index (κ3) is 7.21. The molecule has 0 radical (unpaired) electrons. The zero-order valence-corrected chi connectivity index (χ0v) is 29.5. The number of fused-ring (bicyclic) bond motifs is 3. The number of ether oxygens (including phenoxy) is 1. The van der Waals surface area contributed by atoms with Crippen molar-refractivity contribution in [3.05, 3.63) is 58.1 Å². The summed E-state index contributed by atoms with van der Waals surface area (Å²) in [4.78, 5) is 51.5. The second-order valence-corrected chi connectivity index (χ2v) is 15.1. The number of nitrogens with one attached hydrogen (secondary N) is 1. The second kappa shape index (κ2) is 14.4. The molecule has 3 atom stereocenters. The highest BCUT2D eigenvalue weighted by Gasteiger charge is 2.42. The third-order valence-electron chi connectivity index (χ3n) is 11.9. The first-order valence-electron chi connectivity index (χ1n) is 18.0. The molecule has 5 heterocycles. The fraction of sp³-hybridized carbons (Fsp3) is 0.595. The van der Waals surface area contributed by atoms with Crippen LogP contribution in [0.25, 0.3) is 0 Å². The fourth-order valence-corrected chi connectivity index (χ4v) is 9.11. The van der Waals surface area contributed by atoms with Crippen molar-refractivity contribution in [1.29, 1.82) is 0 Å².